The van der Waals surface area contributed by atoms with E-state index in [0.29, 0.717) is 34.1 Å². The molecule has 0 bridgehead atoms. The molecule has 0 radical (unpaired) electrons. The van der Waals surface area contributed by atoms with E-state index in [1.807, 2.05) is 22.7 Å². The van der Waals surface area contributed by atoms with Crippen LogP contribution in [0.4, 0.5) is 21.5 Å². The number of aliphatic hydroxyl groups is 1. The molecule has 4 aromatic heterocycles. The maximum Gasteiger partial charge on any atom is 0.280 e. The predicted octanol–water partition coefficient (Wildman–Crippen LogP) is 4.26. The van der Waals surface area contributed by atoms with Gasteiger partial charge >= 0.3 is 0 Å². The monoisotopic (exact) mass is 679 g/mol. The molecule has 0 saturated carbocycles. The summed E-state index contributed by atoms with van der Waals surface area (Å²) >= 11 is 0. The summed E-state index contributed by atoms with van der Waals surface area (Å²) < 4.78 is 25.9. The average molecular weight is 680 g/mol. The van der Waals surface area contributed by atoms with Crippen LogP contribution < -0.4 is 21.3 Å². The summed E-state index contributed by atoms with van der Waals surface area (Å²) in [6, 6.07) is 11.1. The van der Waals surface area contributed by atoms with Crippen LogP contribution in [0.1, 0.15) is 37.6 Å². The van der Waals surface area contributed by atoms with Gasteiger partial charge in [0.2, 0.25) is 0 Å². The predicted molar refractivity (Wildman–Crippen MR) is 191 cm³/mol. The fraction of sp³-hybridized carbons (Fsp3) is 0.395. The number of aryl methyl sites for hydroxylation is 1. The number of rotatable bonds is 7. The van der Waals surface area contributed by atoms with E-state index in [4.69, 9.17) is 4.74 Å². The third-order valence-corrected chi connectivity index (χ3v) is 10.6. The molecule has 50 heavy (non-hydrogen) atoms. The number of benzene rings is 1. The second-order valence-corrected chi connectivity index (χ2v) is 14.8. The van der Waals surface area contributed by atoms with Gasteiger partial charge in [0.15, 0.2) is 0 Å². The van der Waals surface area contributed by atoms with Crippen LogP contribution in [0.3, 0.4) is 0 Å². The second kappa shape index (κ2) is 12.2. The lowest BCUT2D eigenvalue weighted by Gasteiger charge is -2.46. The molecular formula is C38H42FN7O4. The van der Waals surface area contributed by atoms with Gasteiger partial charge in [-0.05, 0) is 72.7 Å². The topological polar surface area (TPSA) is 109 Å². The van der Waals surface area contributed by atoms with Crippen LogP contribution in [0.2, 0.25) is 0 Å². The van der Waals surface area contributed by atoms with Crippen molar-refractivity contribution in [2.45, 2.75) is 52.3 Å². The van der Waals surface area contributed by atoms with E-state index in [0.717, 1.165) is 57.1 Å². The standard InChI is InChI=1S/C38H42FN7O4/c1-23-18-43(27-21-50-22-27)9-10-44(23)26-5-6-31(30(39)15-26)41-32-13-25(19-42(4)36(32)48)28-7-8-40-35(29(28)20-47)46-12-11-45-33(37(46)49)14-24-16-38(2,3)17-34(24)45/h5-8,11-15,19,23,27,41,47H,9-10,16-18,20-22H2,1-4H3/t23-/m0/s1. The number of hydrogen-bond acceptors (Lipinski definition) is 8. The molecule has 0 unspecified atom stereocenters. The molecule has 5 aromatic rings. The van der Waals surface area contributed by atoms with Gasteiger partial charge in [-0.15, -0.1) is 0 Å². The van der Waals surface area contributed by atoms with Crippen molar-refractivity contribution in [1.29, 1.82) is 0 Å². The zero-order valence-electron chi connectivity index (χ0n) is 28.8. The maximum absolute atomic E-state index is 15.6. The molecule has 12 heteroatoms. The van der Waals surface area contributed by atoms with Crippen LogP contribution in [-0.2, 0) is 31.2 Å². The van der Waals surface area contributed by atoms with Crippen molar-refractivity contribution < 1.29 is 14.2 Å². The van der Waals surface area contributed by atoms with E-state index in [-0.39, 0.29) is 34.0 Å². The molecule has 8 rings (SSSR count). The molecule has 2 aliphatic heterocycles. The zero-order chi connectivity index (χ0) is 34.9. The van der Waals surface area contributed by atoms with E-state index in [1.165, 1.54) is 20.8 Å². The summed E-state index contributed by atoms with van der Waals surface area (Å²) in [5.74, 6) is -0.158. The molecule has 11 nitrogen and oxygen atoms in total. The largest absolute Gasteiger partial charge is 0.392 e. The molecule has 1 aromatic carbocycles. The minimum Gasteiger partial charge on any atom is -0.392 e. The van der Waals surface area contributed by atoms with Crippen molar-refractivity contribution in [3.8, 4) is 16.9 Å². The molecule has 2 saturated heterocycles. The Labute approximate surface area is 289 Å². The molecule has 1 aliphatic carbocycles. The van der Waals surface area contributed by atoms with Crippen LogP contribution in [0, 0.1) is 11.2 Å². The first-order valence-corrected chi connectivity index (χ1v) is 17.2. The number of aromatic nitrogens is 4. The third kappa shape index (κ3) is 5.51. The fourth-order valence-corrected chi connectivity index (χ4v) is 7.96. The van der Waals surface area contributed by atoms with Gasteiger partial charge in [-0.25, -0.2) is 9.37 Å². The number of nitrogens with zero attached hydrogens (tertiary/aromatic N) is 6. The third-order valence-electron chi connectivity index (χ3n) is 10.6. The highest BCUT2D eigenvalue weighted by Crippen LogP contribution is 2.37. The van der Waals surface area contributed by atoms with E-state index in [2.05, 4.69) is 40.9 Å². The smallest absolute Gasteiger partial charge is 0.280 e. The Hall–Kier alpha value is -4.78. The summed E-state index contributed by atoms with van der Waals surface area (Å²) in [6.45, 7) is 10.3. The molecule has 260 valence electrons. The molecule has 2 N–H and O–H groups in total. The lowest BCUT2D eigenvalue weighted by molar-refractivity contribution is -0.0691. The van der Waals surface area contributed by atoms with Gasteiger partial charge in [0, 0.05) is 80.0 Å². The summed E-state index contributed by atoms with van der Waals surface area (Å²) in [5.41, 5.74) is 5.25. The van der Waals surface area contributed by atoms with E-state index in [9.17, 15) is 14.7 Å². The Morgan fingerprint density at radius 2 is 1.86 bits per heavy atom. The normalized spacial score (nSPS) is 19.2. The number of halogens is 1. The van der Waals surface area contributed by atoms with Crippen LogP contribution in [0.5, 0.6) is 0 Å². The van der Waals surface area contributed by atoms with Crippen molar-refractivity contribution >= 4 is 22.6 Å². The summed E-state index contributed by atoms with van der Waals surface area (Å²) in [7, 11) is 1.62. The Morgan fingerprint density at radius 3 is 2.58 bits per heavy atom. The Morgan fingerprint density at radius 1 is 1.04 bits per heavy atom. The number of aliphatic hydroxyl groups excluding tert-OH is 1. The van der Waals surface area contributed by atoms with E-state index >= 15 is 4.39 Å². The first-order chi connectivity index (χ1) is 24.0. The van der Waals surface area contributed by atoms with Gasteiger partial charge in [0.25, 0.3) is 11.1 Å². The van der Waals surface area contributed by atoms with E-state index < -0.39 is 12.4 Å². The van der Waals surface area contributed by atoms with Gasteiger partial charge in [-0.2, -0.15) is 0 Å². The van der Waals surface area contributed by atoms with Gasteiger partial charge in [0.1, 0.15) is 22.8 Å². The van der Waals surface area contributed by atoms with Gasteiger partial charge in [-0.3, -0.25) is 19.1 Å². The van der Waals surface area contributed by atoms with Gasteiger partial charge in [0.05, 0.1) is 31.5 Å². The van der Waals surface area contributed by atoms with Crippen LogP contribution in [0.15, 0.2) is 70.8 Å². The van der Waals surface area contributed by atoms with Crippen LogP contribution in [0.25, 0.3) is 22.5 Å². The molecular weight excluding hydrogens is 637 g/mol. The average Bonchev–Trinajstić information content (AvgIpc) is 3.55. The number of pyridine rings is 2. The van der Waals surface area contributed by atoms with Crippen molar-refractivity contribution in [1.82, 2.24) is 23.4 Å². The number of fused-ring (bicyclic) bond motifs is 3. The lowest BCUT2D eigenvalue weighted by Crippen LogP contribution is -2.59. The molecule has 3 aliphatic rings. The summed E-state index contributed by atoms with van der Waals surface area (Å²) in [5, 5.41) is 13.7. The van der Waals surface area contributed by atoms with Crippen LogP contribution in [-0.4, -0.2) is 73.5 Å². The Bertz CT molecular complexity index is 2250. The number of piperazine rings is 1. The highest BCUT2D eigenvalue weighted by Gasteiger charge is 2.33. The van der Waals surface area contributed by atoms with E-state index in [1.54, 1.807) is 43.8 Å². The summed E-state index contributed by atoms with van der Waals surface area (Å²) in [6.07, 6.45) is 8.61. The molecule has 0 amide bonds. The van der Waals surface area contributed by atoms with Crippen molar-refractivity contribution in [3.63, 3.8) is 0 Å². The summed E-state index contributed by atoms with van der Waals surface area (Å²) in [4.78, 5) is 36.3. The fourth-order valence-electron chi connectivity index (χ4n) is 7.96. The quantitative estimate of drug-likeness (QED) is 0.263. The van der Waals surface area contributed by atoms with Crippen molar-refractivity contribution in [3.05, 3.63) is 105 Å². The molecule has 6 heterocycles. The van der Waals surface area contributed by atoms with Crippen molar-refractivity contribution in [2.75, 3.05) is 43.1 Å². The number of ether oxygens (including phenoxy) is 1. The number of anilines is 3. The second-order valence-electron chi connectivity index (χ2n) is 14.8. The maximum atomic E-state index is 15.6. The highest BCUT2D eigenvalue weighted by molar-refractivity contribution is 5.74. The molecule has 2 fully saturated rings. The minimum absolute atomic E-state index is 0.152. The van der Waals surface area contributed by atoms with Gasteiger partial charge < -0.3 is 29.0 Å². The minimum atomic E-state index is -0.464. The Balaban J connectivity index is 1.09. The number of hydrogen-bond donors (Lipinski definition) is 2. The SMILES string of the molecule is C[C@H]1CN(C2COC2)CCN1c1ccc(Nc2cc(-c3ccnc(-n4ccn5c6c(cc5c4=O)CC(C)(C)C6)c3CO)cn(C)c2=O)c(F)c1. The first-order valence-electron chi connectivity index (χ1n) is 17.2. The molecule has 1 atom stereocenters. The van der Waals surface area contributed by atoms with Gasteiger partial charge in [-0.1, -0.05) is 13.8 Å². The first kappa shape index (κ1) is 32.4. The zero-order valence-corrected chi connectivity index (χ0v) is 28.8. The number of nitrogens with one attached hydrogen (secondary N) is 1. The molecule has 0 spiro atoms. The lowest BCUT2D eigenvalue weighted by atomic mass is 9.90. The van der Waals surface area contributed by atoms with Crippen molar-refractivity contribution in [2.24, 2.45) is 12.5 Å². The van der Waals surface area contributed by atoms with Crippen LogP contribution >= 0.6 is 0 Å². The Kier molecular flexibility index (Phi) is 7.92. The highest BCUT2D eigenvalue weighted by atomic mass is 19.1.